The Morgan fingerprint density at radius 1 is 1.36 bits per heavy atom. The molecule has 2 saturated heterocycles. The number of ketones is 1. The third kappa shape index (κ3) is 2.91. The first kappa shape index (κ1) is 15.9. The highest BCUT2D eigenvalue weighted by Crippen LogP contribution is 2.83. The number of nitrogens with zero attached hydrogens (tertiary/aromatic N) is 2. The topological polar surface area (TPSA) is 66.8 Å². The lowest BCUT2D eigenvalue weighted by Gasteiger charge is -2.30. The van der Waals surface area contributed by atoms with Crippen LogP contribution in [-0.2, 0) is 10.0 Å². The molecule has 1 spiro atoms. The van der Waals surface area contributed by atoms with Gasteiger partial charge in [-0.1, -0.05) is 12.1 Å². The van der Waals surface area contributed by atoms with Crippen LogP contribution in [0.2, 0.25) is 0 Å². The van der Waals surface area contributed by atoms with Crippen LogP contribution in [0.5, 0.6) is 0 Å². The predicted molar refractivity (Wildman–Crippen MR) is 93.7 cm³/mol. The summed E-state index contributed by atoms with van der Waals surface area (Å²) >= 11 is 0. The SMILES string of the molecule is CN(C)C=NS(=O)(=O)c1ccc(C(=O)C2CS23CCS3)cc1. The van der Waals surface area contributed by atoms with E-state index < -0.39 is 19.1 Å². The molecule has 0 aliphatic carbocycles. The Kier molecular flexibility index (Phi) is 4.03. The summed E-state index contributed by atoms with van der Waals surface area (Å²) in [6.45, 7) is 0. The Bertz CT molecular complexity index is 722. The van der Waals surface area contributed by atoms with Crippen molar-refractivity contribution >= 4 is 42.0 Å². The van der Waals surface area contributed by atoms with Crippen molar-refractivity contribution in [2.75, 3.05) is 31.4 Å². The molecule has 1 aromatic carbocycles. The summed E-state index contributed by atoms with van der Waals surface area (Å²) in [5.74, 6) is 3.60. The van der Waals surface area contributed by atoms with E-state index in [9.17, 15) is 13.2 Å². The molecule has 0 saturated carbocycles. The molecule has 8 heteroatoms. The highest BCUT2D eigenvalue weighted by molar-refractivity contribution is 9.00. The highest BCUT2D eigenvalue weighted by atomic mass is 33.2. The number of benzene rings is 1. The Hall–Kier alpha value is -0.990. The van der Waals surface area contributed by atoms with Gasteiger partial charge in [0.25, 0.3) is 10.0 Å². The fourth-order valence-corrected chi connectivity index (χ4v) is 9.66. The van der Waals surface area contributed by atoms with Crippen LogP contribution in [0.4, 0.5) is 0 Å². The number of rotatable bonds is 5. The summed E-state index contributed by atoms with van der Waals surface area (Å²) in [7, 11) is 1.01. The Morgan fingerprint density at radius 3 is 2.45 bits per heavy atom. The van der Waals surface area contributed by atoms with Crippen LogP contribution in [-0.4, -0.2) is 62.0 Å². The van der Waals surface area contributed by atoms with Gasteiger partial charge < -0.3 is 4.90 Å². The number of hydrogen-bond acceptors (Lipinski definition) is 4. The Labute approximate surface area is 135 Å². The van der Waals surface area contributed by atoms with Crippen molar-refractivity contribution in [3.8, 4) is 0 Å². The van der Waals surface area contributed by atoms with Crippen molar-refractivity contribution in [1.29, 1.82) is 0 Å². The summed E-state index contributed by atoms with van der Waals surface area (Å²) in [4.78, 5) is 14.1. The zero-order chi connectivity index (χ0) is 16.0. The van der Waals surface area contributed by atoms with Gasteiger partial charge in [0.15, 0.2) is 5.78 Å². The van der Waals surface area contributed by atoms with Crippen molar-refractivity contribution in [2.24, 2.45) is 4.40 Å². The first-order chi connectivity index (χ1) is 10.3. The molecule has 2 fully saturated rings. The van der Waals surface area contributed by atoms with E-state index in [0.717, 1.165) is 5.75 Å². The van der Waals surface area contributed by atoms with Crippen LogP contribution in [0.25, 0.3) is 0 Å². The van der Waals surface area contributed by atoms with Crippen LogP contribution in [0.1, 0.15) is 10.4 Å². The normalized spacial score (nSPS) is 29.8. The second kappa shape index (κ2) is 5.58. The van der Waals surface area contributed by atoms with E-state index in [1.807, 2.05) is 10.8 Å². The van der Waals surface area contributed by atoms with Gasteiger partial charge in [-0.15, -0.1) is 15.2 Å². The van der Waals surface area contributed by atoms with Crippen molar-refractivity contribution in [2.45, 2.75) is 10.1 Å². The van der Waals surface area contributed by atoms with E-state index in [0.29, 0.717) is 5.56 Å². The quantitative estimate of drug-likeness (QED) is 0.265. The van der Waals surface area contributed by atoms with Gasteiger partial charge in [0.2, 0.25) is 0 Å². The Morgan fingerprint density at radius 2 is 2.00 bits per heavy atom. The van der Waals surface area contributed by atoms with Crippen molar-refractivity contribution in [3.05, 3.63) is 29.8 Å². The first-order valence-electron chi connectivity index (χ1n) is 6.87. The van der Waals surface area contributed by atoms with Crippen LogP contribution in [0, 0.1) is 0 Å². The Balaban J connectivity index is 1.74. The predicted octanol–water partition coefficient (Wildman–Crippen LogP) is 2.00. The van der Waals surface area contributed by atoms with Crippen molar-refractivity contribution in [3.63, 3.8) is 0 Å². The molecule has 0 radical (unpaired) electrons. The third-order valence-electron chi connectivity index (χ3n) is 3.73. The van der Waals surface area contributed by atoms with E-state index in [1.54, 1.807) is 31.1 Å². The van der Waals surface area contributed by atoms with Crippen LogP contribution in [0.3, 0.4) is 0 Å². The molecule has 5 nitrogen and oxygen atoms in total. The average Bonchev–Trinajstić information content (AvgIpc) is 3.21. The van der Waals surface area contributed by atoms with Crippen LogP contribution >= 0.6 is 19.9 Å². The molecule has 2 atom stereocenters. The van der Waals surface area contributed by atoms with Crippen molar-refractivity contribution in [1.82, 2.24) is 4.90 Å². The molecule has 0 bridgehead atoms. The summed E-state index contributed by atoms with van der Waals surface area (Å²) in [6.07, 6.45) is 1.25. The first-order valence-corrected chi connectivity index (χ1v) is 11.8. The second-order valence-corrected chi connectivity index (χ2v) is 13.6. The third-order valence-corrected chi connectivity index (χ3v) is 12.4. The minimum absolute atomic E-state index is 0.109. The monoisotopic (exact) mass is 358 g/mol. The summed E-state index contributed by atoms with van der Waals surface area (Å²) in [5.41, 5.74) is 0.609. The molecule has 0 aromatic heterocycles. The lowest BCUT2D eigenvalue weighted by atomic mass is 10.1. The number of carbonyl (C=O) groups is 1. The summed E-state index contributed by atoms with van der Waals surface area (Å²) < 4.78 is 27.6. The van der Waals surface area contributed by atoms with E-state index in [-0.39, 0.29) is 15.9 Å². The smallest absolute Gasteiger partial charge is 0.283 e. The molecular weight excluding hydrogens is 340 g/mol. The van der Waals surface area contributed by atoms with Gasteiger partial charge >= 0.3 is 0 Å². The van der Waals surface area contributed by atoms with Gasteiger partial charge in [-0.2, -0.15) is 17.5 Å². The zero-order valence-corrected chi connectivity index (χ0v) is 14.9. The molecular formula is C14H18N2O3S3. The van der Waals surface area contributed by atoms with Crippen LogP contribution < -0.4 is 0 Å². The summed E-state index contributed by atoms with van der Waals surface area (Å²) in [5, 5.41) is 0.195. The van der Waals surface area contributed by atoms with Gasteiger partial charge in [-0.3, -0.25) is 4.79 Å². The molecule has 2 aliphatic rings. The molecule has 120 valence electrons. The maximum Gasteiger partial charge on any atom is 0.283 e. The largest absolute Gasteiger partial charge is 0.368 e. The molecule has 2 unspecified atom stereocenters. The molecule has 3 rings (SSSR count). The van der Waals surface area contributed by atoms with Gasteiger partial charge in [-0.25, -0.2) is 0 Å². The zero-order valence-electron chi connectivity index (χ0n) is 12.4. The fourth-order valence-electron chi connectivity index (χ4n) is 2.34. The van der Waals surface area contributed by atoms with Crippen molar-refractivity contribution < 1.29 is 13.2 Å². The average molecular weight is 359 g/mol. The molecule has 2 aliphatic heterocycles. The number of hydrogen-bond donors (Lipinski definition) is 0. The minimum Gasteiger partial charge on any atom is -0.368 e. The molecule has 0 amide bonds. The highest BCUT2D eigenvalue weighted by Gasteiger charge is 2.57. The maximum atomic E-state index is 12.4. The van der Waals surface area contributed by atoms with E-state index in [2.05, 4.69) is 4.40 Å². The fraction of sp³-hybridized carbons (Fsp3) is 0.429. The molecule has 2 heterocycles. The molecule has 0 N–H and O–H groups in total. The number of Topliss-reactive ketones (excluding diaryl/α,β-unsaturated/α-hetero) is 1. The van der Waals surface area contributed by atoms with Gasteiger partial charge in [0, 0.05) is 31.2 Å². The second-order valence-electron chi connectivity index (χ2n) is 5.60. The van der Waals surface area contributed by atoms with Gasteiger partial charge in [0.1, 0.15) is 6.34 Å². The lowest BCUT2D eigenvalue weighted by molar-refractivity contribution is 0.100. The number of carbonyl (C=O) groups excluding carboxylic acids is 1. The van der Waals surface area contributed by atoms with Gasteiger partial charge in [-0.05, 0) is 17.9 Å². The van der Waals surface area contributed by atoms with E-state index in [4.69, 9.17) is 0 Å². The minimum atomic E-state index is -3.70. The van der Waals surface area contributed by atoms with E-state index >= 15 is 0 Å². The lowest BCUT2D eigenvalue weighted by Crippen LogP contribution is -2.13. The molecule has 22 heavy (non-hydrogen) atoms. The maximum absolute atomic E-state index is 12.4. The van der Waals surface area contributed by atoms with E-state index in [1.165, 1.54) is 30.0 Å². The van der Waals surface area contributed by atoms with Crippen LogP contribution in [0.15, 0.2) is 33.6 Å². The molecule has 1 aromatic rings. The summed E-state index contributed by atoms with van der Waals surface area (Å²) in [6, 6.07) is 6.14. The standard InChI is InChI=1S/C14H18N2O3S3/c1-16(2)10-15-22(18,19)12-5-3-11(4-6-12)14(17)13-9-21(13)8-7-20-21/h3-6,10,13H,7-9H2,1-2H3. The van der Waals surface area contributed by atoms with Gasteiger partial charge in [0.05, 0.1) is 10.1 Å². The number of sulfonamides is 1.